The first-order chi connectivity index (χ1) is 30.7. The number of fused-ring (bicyclic) bond motifs is 6. The molecule has 0 amide bonds. The Balaban J connectivity index is 0.928. The minimum Gasteiger partial charge on any atom is -0.335 e. The van der Waals surface area contributed by atoms with Gasteiger partial charge in [-0.25, -0.2) is 0 Å². The Hall–Kier alpha value is -5.60. The van der Waals surface area contributed by atoms with E-state index < -0.39 is 0 Å². The molecular weight excluding hydrogens is 773 g/mol. The monoisotopic (exact) mass is 837 g/mol. The van der Waals surface area contributed by atoms with Crippen LogP contribution in [0.5, 0.6) is 0 Å². The first kappa shape index (κ1) is 40.0. The Labute approximate surface area is 381 Å². The molecule has 322 valence electrons. The van der Waals surface area contributed by atoms with Crippen LogP contribution in [0.3, 0.4) is 0 Å². The highest BCUT2D eigenvalue weighted by molar-refractivity contribution is 6.24. The second kappa shape index (κ2) is 14.0. The Morgan fingerprint density at radius 2 is 0.781 bits per heavy atom. The summed E-state index contributed by atoms with van der Waals surface area (Å²) in [6.07, 6.45) is 7.43. The number of benzene rings is 8. The molecule has 0 aromatic heterocycles. The van der Waals surface area contributed by atoms with E-state index in [4.69, 9.17) is 0 Å². The summed E-state index contributed by atoms with van der Waals surface area (Å²) in [6, 6.07) is 56.5. The van der Waals surface area contributed by atoms with Gasteiger partial charge in [0, 0.05) is 45.7 Å². The SMILES string of the molecule is CC(C)(C)C1CCC2(C)C(C1)c1cc(-c3cc4ccc5cc(-c6ccc7c(c6)C6CC(C(C)(C)C)CCC6(C)N7c6ccccc6)cc6ccc(c3)c4c56)ccc1N2c1ccccc1. The fourth-order valence-electron chi connectivity index (χ4n) is 13.8. The molecule has 8 aromatic carbocycles. The molecule has 6 unspecified atom stereocenters. The van der Waals surface area contributed by atoms with Gasteiger partial charge in [-0.1, -0.05) is 114 Å². The van der Waals surface area contributed by atoms with Crippen molar-refractivity contribution in [3.63, 3.8) is 0 Å². The molecule has 64 heavy (non-hydrogen) atoms. The first-order valence-electron chi connectivity index (χ1n) is 24.4. The molecule has 2 aliphatic heterocycles. The van der Waals surface area contributed by atoms with Gasteiger partial charge in [0.2, 0.25) is 0 Å². The Kier molecular flexibility index (Phi) is 8.71. The molecule has 2 heterocycles. The Morgan fingerprint density at radius 3 is 1.12 bits per heavy atom. The lowest BCUT2D eigenvalue weighted by molar-refractivity contribution is 0.127. The van der Waals surface area contributed by atoms with Gasteiger partial charge in [0.25, 0.3) is 0 Å². The van der Waals surface area contributed by atoms with Gasteiger partial charge in [-0.3, -0.25) is 0 Å². The smallest absolute Gasteiger partial charge is 0.0492 e. The molecule has 2 heteroatoms. The van der Waals surface area contributed by atoms with Crippen LogP contribution >= 0.6 is 0 Å². The summed E-state index contributed by atoms with van der Waals surface area (Å²) in [6.45, 7) is 19.8. The average molecular weight is 837 g/mol. The number of para-hydroxylation sites is 2. The first-order valence-corrected chi connectivity index (χ1v) is 24.4. The van der Waals surface area contributed by atoms with E-state index in [0.717, 1.165) is 0 Å². The van der Waals surface area contributed by atoms with Crippen molar-refractivity contribution in [3.05, 3.63) is 157 Å². The van der Waals surface area contributed by atoms with E-state index in [9.17, 15) is 0 Å². The second-order valence-electron chi connectivity index (χ2n) is 23.1. The summed E-state index contributed by atoms with van der Waals surface area (Å²) in [7, 11) is 0. The predicted octanol–water partition coefficient (Wildman–Crippen LogP) is 17.6. The third-order valence-electron chi connectivity index (χ3n) is 17.5. The summed E-state index contributed by atoms with van der Waals surface area (Å²) < 4.78 is 0. The Bertz CT molecular complexity index is 2820. The molecule has 0 radical (unpaired) electrons. The highest BCUT2D eigenvalue weighted by Gasteiger charge is 2.54. The molecule has 8 aromatic rings. The van der Waals surface area contributed by atoms with Crippen LogP contribution in [-0.2, 0) is 0 Å². The van der Waals surface area contributed by atoms with E-state index in [1.807, 2.05) is 0 Å². The third kappa shape index (κ3) is 5.96. The third-order valence-corrected chi connectivity index (χ3v) is 17.5. The average Bonchev–Trinajstić information content (AvgIpc) is 3.70. The van der Waals surface area contributed by atoms with Gasteiger partial charge in [-0.05, 0) is 214 Å². The summed E-state index contributed by atoms with van der Waals surface area (Å²) in [5, 5.41) is 8.06. The fourth-order valence-corrected chi connectivity index (χ4v) is 13.8. The van der Waals surface area contributed by atoms with Gasteiger partial charge in [-0.15, -0.1) is 0 Å². The number of nitrogens with zero attached hydrogens (tertiary/aromatic N) is 2. The topological polar surface area (TPSA) is 6.48 Å². The van der Waals surface area contributed by atoms with E-state index in [0.29, 0.717) is 34.5 Å². The number of rotatable bonds is 4. The van der Waals surface area contributed by atoms with Gasteiger partial charge < -0.3 is 9.80 Å². The largest absolute Gasteiger partial charge is 0.335 e. The molecule has 2 nitrogen and oxygen atoms in total. The highest BCUT2D eigenvalue weighted by Crippen LogP contribution is 2.62. The maximum Gasteiger partial charge on any atom is 0.0492 e. The van der Waals surface area contributed by atoms with Crippen molar-refractivity contribution in [2.24, 2.45) is 22.7 Å². The van der Waals surface area contributed by atoms with E-state index in [1.54, 1.807) is 0 Å². The summed E-state index contributed by atoms with van der Waals surface area (Å²) in [5.41, 5.74) is 14.5. The minimum atomic E-state index is 0.0600. The van der Waals surface area contributed by atoms with Crippen molar-refractivity contribution >= 4 is 55.1 Å². The summed E-state index contributed by atoms with van der Waals surface area (Å²) >= 11 is 0. The quantitative estimate of drug-likeness (QED) is 0.163. The maximum atomic E-state index is 2.70. The lowest BCUT2D eigenvalue weighted by Gasteiger charge is -2.49. The van der Waals surface area contributed by atoms with Crippen LogP contribution < -0.4 is 9.80 Å². The van der Waals surface area contributed by atoms with Crippen LogP contribution in [0, 0.1) is 22.7 Å². The van der Waals surface area contributed by atoms with Crippen molar-refractivity contribution in [1.29, 1.82) is 0 Å². The molecule has 2 saturated carbocycles. The van der Waals surface area contributed by atoms with Crippen LogP contribution in [0.25, 0.3) is 54.6 Å². The highest BCUT2D eigenvalue weighted by atomic mass is 15.2. The van der Waals surface area contributed by atoms with Crippen molar-refractivity contribution in [3.8, 4) is 22.3 Å². The van der Waals surface area contributed by atoms with Crippen molar-refractivity contribution in [2.75, 3.05) is 9.80 Å². The Morgan fingerprint density at radius 1 is 0.422 bits per heavy atom. The van der Waals surface area contributed by atoms with Crippen LogP contribution in [-0.4, -0.2) is 11.1 Å². The molecule has 0 bridgehead atoms. The molecule has 12 rings (SSSR count). The molecule has 0 spiro atoms. The zero-order valence-electron chi connectivity index (χ0n) is 39.3. The van der Waals surface area contributed by atoms with E-state index >= 15 is 0 Å². The van der Waals surface area contributed by atoms with Crippen molar-refractivity contribution < 1.29 is 0 Å². The minimum absolute atomic E-state index is 0.0600. The van der Waals surface area contributed by atoms with Crippen LogP contribution in [0.4, 0.5) is 22.7 Å². The van der Waals surface area contributed by atoms with Crippen molar-refractivity contribution in [1.82, 2.24) is 0 Å². The van der Waals surface area contributed by atoms with Gasteiger partial charge in [0.05, 0.1) is 0 Å². The molecular formula is C62H64N2. The van der Waals surface area contributed by atoms with Crippen LogP contribution in [0.15, 0.2) is 146 Å². The van der Waals surface area contributed by atoms with Gasteiger partial charge in [-0.2, -0.15) is 0 Å². The lowest BCUT2D eigenvalue weighted by atomic mass is 9.62. The van der Waals surface area contributed by atoms with E-state index in [1.165, 1.54) is 127 Å². The molecule has 0 saturated heterocycles. The molecule has 6 atom stereocenters. The molecule has 2 aliphatic carbocycles. The summed E-state index contributed by atoms with van der Waals surface area (Å²) in [5.74, 6) is 2.39. The van der Waals surface area contributed by atoms with Gasteiger partial charge >= 0.3 is 0 Å². The predicted molar refractivity (Wildman–Crippen MR) is 274 cm³/mol. The van der Waals surface area contributed by atoms with Crippen molar-refractivity contribution in [2.45, 2.75) is 117 Å². The lowest BCUT2D eigenvalue weighted by Crippen LogP contribution is -2.48. The van der Waals surface area contributed by atoms with Gasteiger partial charge in [0.1, 0.15) is 0 Å². The molecule has 0 N–H and O–H groups in total. The van der Waals surface area contributed by atoms with E-state index in [2.05, 4.69) is 211 Å². The van der Waals surface area contributed by atoms with E-state index in [-0.39, 0.29) is 11.1 Å². The normalized spacial score (nSPS) is 25.5. The zero-order valence-corrected chi connectivity index (χ0v) is 39.3. The maximum absolute atomic E-state index is 2.70. The molecule has 4 aliphatic rings. The molecule has 2 fully saturated rings. The second-order valence-corrected chi connectivity index (χ2v) is 23.1. The fraction of sp³-hybridized carbons (Fsp3) is 0.355. The van der Waals surface area contributed by atoms with Gasteiger partial charge in [0.15, 0.2) is 0 Å². The van der Waals surface area contributed by atoms with Crippen LogP contribution in [0.1, 0.15) is 117 Å². The number of anilines is 4. The standard InChI is InChI=1S/C62H64N2/c1-59(2,3)47-27-29-61(7)53(37-47)51-35-39(23-25-55(51)63(61)49-15-11-9-12-16-49)45-31-41-19-21-43-33-46(34-44-22-20-42(32-45)57(41)58(43)44)40-24-26-56-52(36-40)54-38-48(60(4,5)6)28-30-62(54,8)64(56)50-17-13-10-14-18-50/h9-26,31-36,47-48,53-54H,27-30,37-38H2,1-8H3. The zero-order chi connectivity index (χ0) is 43.9. The number of hydrogen-bond donors (Lipinski definition) is 0. The van der Waals surface area contributed by atoms with Crippen LogP contribution in [0.2, 0.25) is 0 Å². The number of hydrogen-bond acceptors (Lipinski definition) is 2. The summed E-state index contributed by atoms with van der Waals surface area (Å²) in [4.78, 5) is 5.39.